The van der Waals surface area contributed by atoms with Gasteiger partial charge in [0.15, 0.2) is 0 Å². The summed E-state index contributed by atoms with van der Waals surface area (Å²) in [6.45, 7) is 1.70. The topological polar surface area (TPSA) is 3.24 Å². The van der Waals surface area contributed by atoms with Crippen LogP contribution in [0.15, 0.2) is 22.7 Å². The van der Waals surface area contributed by atoms with Gasteiger partial charge in [0.05, 0.1) is 4.47 Å². The van der Waals surface area contributed by atoms with E-state index >= 15 is 0 Å². The molecule has 0 aliphatic heterocycles. The summed E-state index contributed by atoms with van der Waals surface area (Å²) in [5.74, 6) is -0.199. The van der Waals surface area contributed by atoms with Crippen molar-refractivity contribution in [3.63, 3.8) is 0 Å². The molecule has 0 aromatic heterocycles. The Morgan fingerprint density at radius 3 is 2.79 bits per heavy atom. The number of alkyl halides is 1. The van der Waals surface area contributed by atoms with Crippen LogP contribution in [0.3, 0.4) is 0 Å². The third-order valence-electron chi connectivity index (χ3n) is 1.94. The van der Waals surface area contributed by atoms with Crippen molar-refractivity contribution >= 4 is 31.9 Å². The summed E-state index contributed by atoms with van der Waals surface area (Å²) in [6.07, 6.45) is 0. The summed E-state index contributed by atoms with van der Waals surface area (Å²) in [4.78, 5) is 2.13. The van der Waals surface area contributed by atoms with E-state index in [9.17, 15) is 4.39 Å². The highest BCUT2D eigenvalue weighted by atomic mass is 79.9. The first-order valence-corrected chi connectivity index (χ1v) is 6.24. The zero-order chi connectivity index (χ0) is 10.6. The van der Waals surface area contributed by atoms with Crippen molar-refractivity contribution in [1.29, 1.82) is 0 Å². The zero-order valence-corrected chi connectivity index (χ0v) is 11.1. The molecule has 0 fully saturated rings. The molecule has 0 aliphatic rings. The Kier molecular flexibility index (Phi) is 5.06. The summed E-state index contributed by atoms with van der Waals surface area (Å²) in [7, 11) is 2.01. The van der Waals surface area contributed by atoms with Crippen LogP contribution in [0.4, 0.5) is 4.39 Å². The summed E-state index contributed by atoms with van der Waals surface area (Å²) in [5.41, 5.74) is 0.980. The standard InChI is InChI=1S/C10H12Br2FN/c1-14(6-5-11)7-8-3-2-4-9(13)10(8)12/h2-4H,5-7H2,1H3. The molecule has 1 aromatic carbocycles. The van der Waals surface area contributed by atoms with E-state index in [0.717, 1.165) is 24.0 Å². The molecule has 0 N–H and O–H groups in total. The maximum Gasteiger partial charge on any atom is 0.137 e. The summed E-state index contributed by atoms with van der Waals surface area (Å²) >= 11 is 6.62. The average molecular weight is 325 g/mol. The van der Waals surface area contributed by atoms with Crippen LogP contribution in [-0.4, -0.2) is 23.8 Å². The second kappa shape index (κ2) is 5.83. The van der Waals surface area contributed by atoms with Gasteiger partial charge in [0, 0.05) is 18.4 Å². The SMILES string of the molecule is CN(CCBr)Cc1cccc(F)c1Br. The van der Waals surface area contributed by atoms with Crippen LogP contribution in [0, 0.1) is 5.82 Å². The predicted octanol–water partition coefficient (Wildman–Crippen LogP) is 3.41. The molecule has 0 bridgehead atoms. The molecule has 0 aliphatic carbocycles. The summed E-state index contributed by atoms with van der Waals surface area (Å²) in [5, 5.41) is 0.927. The monoisotopic (exact) mass is 323 g/mol. The van der Waals surface area contributed by atoms with Crippen molar-refractivity contribution in [2.45, 2.75) is 6.54 Å². The van der Waals surface area contributed by atoms with E-state index in [1.807, 2.05) is 13.1 Å². The van der Waals surface area contributed by atoms with E-state index in [0.29, 0.717) is 4.47 Å². The fourth-order valence-electron chi connectivity index (χ4n) is 1.18. The normalized spacial score (nSPS) is 10.9. The molecule has 0 amide bonds. The maximum atomic E-state index is 13.1. The Labute approximate surface area is 101 Å². The Balaban J connectivity index is 2.71. The van der Waals surface area contributed by atoms with Crippen LogP contribution < -0.4 is 0 Å². The Hall–Kier alpha value is 0.0700. The van der Waals surface area contributed by atoms with E-state index in [1.165, 1.54) is 6.07 Å². The fraction of sp³-hybridized carbons (Fsp3) is 0.400. The maximum absolute atomic E-state index is 13.1. The third kappa shape index (κ3) is 3.33. The molecular formula is C10H12Br2FN. The van der Waals surface area contributed by atoms with Crippen LogP contribution in [0.5, 0.6) is 0 Å². The lowest BCUT2D eigenvalue weighted by atomic mass is 10.2. The minimum Gasteiger partial charge on any atom is -0.301 e. The lowest BCUT2D eigenvalue weighted by Gasteiger charge is -2.16. The van der Waals surface area contributed by atoms with Gasteiger partial charge in [-0.3, -0.25) is 0 Å². The van der Waals surface area contributed by atoms with Crippen LogP contribution >= 0.6 is 31.9 Å². The number of rotatable bonds is 4. The molecule has 0 heterocycles. The van der Waals surface area contributed by atoms with Gasteiger partial charge in [-0.2, -0.15) is 0 Å². The van der Waals surface area contributed by atoms with Gasteiger partial charge in [0.1, 0.15) is 5.82 Å². The van der Waals surface area contributed by atoms with Crippen LogP contribution in [0.1, 0.15) is 5.56 Å². The predicted molar refractivity (Wildman–Crippen MR) is 64.2 cm³/mol. The largest absolute Gasteiger partial charge is 0.301 e. The van der Waals surface area contributed by atoms with Gasteiger partial charge in [0.25, 0.3) is 0 Å². The van der Waals surface area contributed by atoms with Crippen LogP contribution in [0.2, 0.25) is 0 Å². The zero-order valence-electron chi connectivity index (χ0n) is 7.93. The van der Waals surface area contributed by atoms with E-state index < -0.39 is 0 Å². The Bertz CT molecular complexity index is 304. The minimum atomic E-state index is -0.199. The molecule has 4 heteroatoms. The average Bonchev–Trinajstić information content (AvgIpc) is 2.13. The number of hydrogen-bond donors (Lipinski definition) is 0. The van der Waals surface area contributed by atoms with Gasteiger partial charge >= 0.3 is 0 Å². The van der Waals surface area contributed by atoms with Crippen LogP contribution in [0.25, 0.3) is 0 Å². The second-order valence-corrected chi connectivity index (χ2v) is 4.73. The molecule has 1 nitrogen and oxygen atoms in total. The third-order valence-corrected chi connectivity index (χ3v) is 3.18. The molecule has 0 spiro atoms. The van der Waals surface area contributed by atoms with E-state index in [2.05, 4.69) is 36.8 Å². The lowest BCUT2D eigenvalue weighted by molar-refractivity contribution is 0.348. The van der Waals surface area contributed by atoms with Gasteiger partial charge < -0.3 is 4.90 Å². The number of halogens is 3. The molecule has 14 heavy (non-hydrogen) atoms. The number of hydrogen-bond acceptors (Lipinski definition) is 1. The van der Waals surface area contributed by atoms with Crippen molar-refractivity contribution in [1.82, 2.24) is 4.90 Å². The molecular weight excluding hydrogens is 313 g/mol. The summed E-state index contributed by atoms with van der Waals surface area (Å²) in [6, 6.07) is 5.12. The molecule has 1 rings (SSSR count). The molecule has 0 saturated carbocycles. The van der Waals surface area contributed by atoms with Crippen molar-refractivity contribution in [2.75, 3.05) is 18.9 Å². The van der Waals surface area contributed by atoms with E-state index in [1.54, 1.807) is 6.07 Å². The quantitative estimate of drug-likeness (QED) is 0.767. The first kappa shape index (κ1) is 12.1. The minimum absolute atomic E-state index is 0.199. The van der Waals surface area contributed by atoms with Gasteiger partial charge in [-0.15, -0.1) is 0 Å². The van der Waals surface area contributed by atoms with Crippen molar-refractivity contribution in [3.8, 4) is 0 Å². The van der Waals surface area contributed by atoms with Crippen molar-refractivity contribution in [2.24, 2.45) is 0 Å². The number of benzene rings is 1. The van der Waals surface area contributed by atoms with Gasteiger partial charge in [-0.1, -0.05) is 28.1 Å². The number of nitrogens with zero attached hydrogens (tertiary/aromatic N) is 1. The van der Waals surface area contributed by atoms with Crippen molar-refractivity contribution in [3.05, 3.63) is 34.1 Å². The van der Waals surface area contributed by atoms with Gasteiger partial charge in [-0.25, -0.2) is 4.39 Å². The van der Waals surface area contributed by atoms with Crippen molar-refractivity contribution < 1.29 is 4.39 Å². The van der Waals surface area contributed by atoms with Gasteiger partial charge in [0.2, 0.25) is 0 Å². The fourth-order valence-corrected chi connectivity index (χ4v) is 2.18. The smallest absolute Gasteiger partial charge is 0.137 e. The lowest BCUT2D eigenvalue weighted by Crippen LogP contribution is -2.20. The highest BCUT2D eigenvalue weighted by Gasteiger charge is 2.06. The van der Waals surface area contributed by atoms with Crippen LogP contribution in [-0.2, 0) is 6.54 Å². The first-order chi connectivity index (χ1) is 6.65. The molecule has 0 atom stereocenters. The van der Waals surface area contributed by atoms with E-state index in [-0.39, 0.29) is 5.82 Å². The van der Waals surface area contributed by atoms with Gasteiger partial charge in [-0.05, 0) is 34.6 Å². The first-order valence-electron chi connectivity index (χ1n) is 4.32. The molecule has 0 unspecified atom stereocenters. The molecule has 1 aromatic rings. The highest BCUT2D eigenvalue weighted by Crippen LogP contribution is 2.21. The second-order valence-electron chi connectivity index (χ2n) is 3.14. The Morgan fingerprint density at radius 2 is 2.14 bits per heavy atom. The Morgan fingerprint density at radius 1 is 1.43 bits per heavy atom. The highest BCUT2D eigenvalue weighted by molar-refractivity contribution is 9.10. The molecule has 78 valence electrons. The molecule has 0 saturated heterocycles. The van der Waals surface area contributed by atoms with E-state index in [4.69, 9.17) is 0 Å². The molecule has 0 radical (unpaired) electrons. The summed E-state index contributed by atoms with van der Waals surface area (Å²) < 4.78 is 13.7.